The Bertz CT molecular complexity index is 593. The number of aliphatic hydroxyl groups is 1. The number of imidazole rings is 1. The van der Waals surface area contributed by atoms with Gasteiger partial charge in [-0.3, -0.25) is 4.57 Å². The highest BCUT2D eigenvalue weighted by Gasteiger charge is 2.32. The van der Waals surface area contributed by atoms with Crippen LogP contribution in [0.4, 0.5) is 5.82 Å². The first kappa shape index (κ1) is 10.0. The molecule has 2 aromatic rings. The van der Waals surface area contributed by atoms with E-state index < -0.39 is 12.3 Å². The van der Waals surface area contributed by atoms with E-state index in [0.717, 1.165) is 0 Å². The van der Waals surface area contributed by atoms with Gasteiger partial charge in [0.2, 0.25) is 6.23 Å². The Balaban J connectivity index is 2.12. The number of aromatic nitrogens is 4. The van der Waals surface area contributed by atoms with Gasteiger partial charge in [0.1, 0.15) is 24.3 Å². The minimum atomic E-state index is -0.656. The molecule has 1 aliphatic rings. The highest BCUT2D eigenvalue weighted by atomic mass is 16.5. The van der Waals surface area contributed by atoms with Crippen molar-refractivity contribution < 1.29 is 9.84 Å². The van der Waals surface area contributed by atoms with Gasteiger partial charge in [-0.15, -0.1) is 0 Å². The van der Waals surface area contributed by atoms with Gasteiger partial charge in [0.05, 0.1) is 5.76 Å². The van der Waals surface area contributed by atoms with E-state index in [1.807, 2.05) is 0 Å². The van der Waals surface area contributed by atoms with Crippen molar-refractivity contribution in [3.63, 3.8) is 0 Å². The highest BCUT2D eigenvalue weighted by molar-refractivity contribution is 5.81. The van der Waals surface area contributed by atoms with Gasteiger partial charge in [0.25, 0.3) is 0 Å². The van der Waals surface area contributed by atoms with Crippen LogP contribution in [0.15, 0.2) is 25.0 Å². The van der Waals surface area contributed by atoms with Crippen LogP contribution in [0, 0.1) is 0 Å². The molecule has 3 rings (SSSR count). The molecule has 2 aromatic heterocycles. The fourth-order valence-corrected chi connectivity index (χ4v) is 1.93. The van der Waals surface area contributed by atoms with Crippen LogP contribution in [0.25, 0.3) is 11.2 Å². The molecule has 0 radical (unpaired) electrons. The zero-order valence-corrected chi connectivity index (χ0v) is 8.95. The molecule has 0 amide bonds. The van der Waals surface area contributed by atoms with E-state index in [9.17, 15) is 5.11 Å². The van der Waals surface area contributed by atoms with Gasteiger partial charge < -0.3 is 15.6 Å². The second-order valence-corrected chi connectivity index (χ2v) is 3.90. The number of nitrogens with zero attached hydrogens (tertiary/aromatic N) is 4. The van der Waals surface area contributed by atoms with Gasteiger partial charge in [-0.05, 0) is 0 Å². The monoisotopic (exact) mass is 233 g/mol. The van der Waals surface area contributed by atoms with Crippen LogP contribution in [0.3, 0.4) is 0 Å². The molecular formula is C10H11N5O2. The molecule has 2 atom stereocenters. The molecule has 1 fully saturated rings. The maximum Gasteiger partial charge on any atom is 0.204 e. The van der Waals surface area contributed by atoms with E-state index in [0.29, 0.717) is 29.2 Å². The highest BCUT2D eigenvalue weighted by Crippen LogP contribution is 2.32. The summed E-state index contributed by atoms with van der Waals surface area (Å²) in [5, 5.41) is 9.85. The SMILES string of the molecule is C=C1C[C@@H](O)[C@H](n2cnc3c(N)ncnc32)O1. The number of anilines is 1. The van der Waals surface area contributed by atoms with Crippen molar-refractivity contribution in [3.8, 4) is 0 Å². The average molecular weight is 233 g/mol. The molecule has 1 aliphatic heterocycles. The second kappa shape index (κ2) is 3.42. The molecule has 7 heteroatoms. The fourth-order valence-electron chi connectivity index (χ4n) is 1.93. The molecule has 0 bridgehead atoms. The van der Waals surface area contributed by atoms with E-state index in [1.54, 1.807) is 4.57 Å². The van der Waals surface area contributed by atoms with Crippen molar-refractivity contribution in [1.82, 2.24) is 19.5 Å². The van der Waals surface area contributed by atoms with Crippen molar-refractivity contribution in [1.29, 1.82) is 0 Å². The first-order chi connectivity index (χ1) is 8.16. The van der Waals surface area contributed by atoms with Gasteiger partial charge in [-0.25, -0.2) is 15.0 Å². The number of ether oxygens (including phenoxy) is 1. The molecular weight excluding hydrogens is 222 g/mol. The summed E-state index contributed by atoms with van der Waals surface area (Å²) in [5.41, 5.74) is 6.72. The molecule has 1 saturated heterocycles. The third-order valence-electron chi connectivity index (χ3n) is 2.71. The Hall–Kier alpha value is -2.15. The molecule has 7 nitrogen and oxygen atoms in total. The van der Waals surface area contributed by atoms with Crippen LogP contribution in [-0.4, -0.2) is 30.7 Å². The van der Waals surface area contributed by atoms with E-state index in [-0.39, 0.29) is 0 Å². The number of aliphatic hydroxyl groups excluding tert-OH is 1. The Morgan fingerprint density at radius 1 is 1.47 bits per heavy atom. The Morgan fingerprint density at radius 3 is 3.00 bits per heavy atom. The lowest BCUT2D eigenvalue weighted by Gasteiger charge is -2.15. The summed E-state index contributed by atoms with van der Waals surface area (Å²) in [7, 11) is 0. The van der Waals surface area contributed by atoms with Gasteiger partial charge >= 0.3 is 0 Å². The predicted octanol–water partition coefficient (Wildman–Crippen LogP) is 0.202. The molecule has 17 heavy (non-hydrogen) atoms. The summed E-state index contributed by atoms with van der Waals surface area (Å²) >= 11 is 0. The number of fused-ring (bicyclic) bond motifs is 1. The van der Waals surface area contributed by atoms with Crippen molar-refractivity contribution in [2.24, 2.45) is 0 Å². The molecule has 0 aliphatic carbocycles. The molecule has 3 N–H and O–H groups in total. The zero-order valence-electron chi connectivity index (χ0n) is 8.95. The maximum atomic E-state index is 9.85. The third-order valence-corrected chi connectivity index (χ3v) is 2.71. The first-order valence-electron chi connectivity index (χ1n) is 5.12. The average Bonchev–Trinajstić information content (AvgIpc) is 2.83. The standard InChI is InChI=1S/C10H11N5O2/c1-5-2-6(16)10(17-5)15-4-14-7-8(11)12-3-13-9(7)15/h3-4,6,10,16H,1-2H2,(H2,11,12,13)/t6-,10-/m1/s1. The van der Waals surface area contributed by atoms with Crippen LogP contribution in [0.2, 0.25) is 0 Å². The van der Waals surface area contributed by atoms with E-state index in [4.69, 9.17) is 10.5 Å². The Morgan fingerprint density at radius 2 is 2.29 bits per heavy atom. The number of hydrogen-bond donors (Lipinski definition) is 2. The van der Waals surface area contributed by atoms with E-state index >= 15 is 0 Å². The lowest BCUT2D eigenvalue weighted by Crippen LogP contribution is -2.19. The number of nitrogen functional groups attached to an aromatic ring is 1. The molecule has 3 heterocycles. The van der Waals surface area contributed by atoms with Gasteiger partial charge in [0, 0.05) is 6.42 Å². The molecule has 0 spiro atoms. The normalized spacial score (nSPS) is 24.2. The quantitative estimate of drug-likeness (QED) is 0.730. The molecule has 0 aromatic carbocycles. The lowest BCUT2D eigenvalue weighted by atomic mass is 10.2. The summed E-state index contributed by atoms with van der Waals surface area (Å²) in [6.45, 7) is 3.69. The van der Waals surface area contributed by atoms with Crippen LogP contribution < -0.4 is 5.73 Å². The van der Waals surface area contributed by atoms with Crippen molar-refractivity contribution in [3.05, 3.63) is 25.0 Å². The summed E-state index contributed by atoms with van der Waals surface area (Å²) in [6.07, 6.45) is 2.08. The Kier molecular flexibility index (Phi) is 2.02. The van der Waals surface area contributed by atoms with Crippen LogP contribution in [-0.2, 0) is 4.74 Å². The summed E-state index contributed by atoms with van der Waals surface area (Å²) < 4.78 is 7.08. The smallest absolute Gasteiger partial charge is 0.204 e. The molecule has 88 valence electrons. The molecule has 0 unspecified atom stereocenters. The number of rotatable bonds is 1. The minimum Gasteiger partial charge on any atom is -0.472 e. The van der Waals surface area contributed by atoms with Crippen molar-refractivity contribution in [2.45, 2.75) is 18.8 Å². The largest absolute Gasteiger partial charge is 0.472 e. The number of nitrogens with two attached hydrogens (primary N) is 1. The third kappa shape index (κ3) is 1.43. The summed E-state index contributed by atoms with van der Waals surface area (Å²) in [5.74, 6) is 0.853. The topological polar surface area (TPSA) is 99.1 Å². The van der Waals surface area contributed by atoms with Gasteiger partial charge in [-0.2, -0.15) is 0 Å². The maximum absolute atomic E-state index is 9.85. The first-order valence-corrected chi connectivity index (χ1v) is 5.12. The zero-order chi connectivity index (χ0) is 12.0. The van der Waals surface area contributed by atoms with Crippen molar-refractivity contribution in [2.75, 3.05) is 5.73 Å². The van der Waals surface area contributed by atoms with E-state index in [1.165, 1.54) is 12.7 Å². The fraction of sp³-hybridized carbons (Fsp3) is 0.300. The summed E-state index contributed by atoms with van der Waals surface area (Å²) in [4.78, 5) is 12.1. The number of hydrogen-bond acceptors (Lipinski definition) is 6. The Labute approximate surface area is 96.6 Å². The van der Waals surface area contributed by atoms with Crippen molar-refractivity contribution >= 4 is 17.0 Å². The van der Waals surface area contributed by atoms with Gasteiger partial charge in [0.15, 0.2) is 11.5 Å². The lowest BCUT2D eigenvalue weighted by molar-refractivity contribution is 0.0113. The van der Waals surface area contributed by atoms with Crippen LogP contribution in [0.1, 0.15) is 12.6 Å². The van der Waals surface area contributed by atoms with Gasteiger partial charge in [-0.1, -0.05) is 6.58 Å². The molecule has 0 saturated carbocycles. The predicted molar refractivity (Wildman–Crippen MR) is 59.6 cm³/mol. The second-order valence-electron chi connectivity index (χ2n) is 3.90. The van der Waals surface area contributed by atoms with E-state index in [2.05, 4.69) is 21.5 Å². The minimum absolute atomic E-state index is 0.306. The van der Waals surface area contributed by atoms with Crippen LogP contribution >= 0.6 is 0 Å². The summed E-state index contributed by atoms with van der Waals surface area (Å²) in [6, 6.07) is 0. The van der Waals surface area contributed by atoms with Crippen LogP contribution in [0.5, 0.6) is 0 Å².